The van der Waals surface area contributed by atoms with Crippen LogP contribution in [0.1, 0.15) is 0 Å². The molecule has 0 spiro atoms. The Morgan fingerprint density at radius 3 is 1.81 bits per heavy atom. The highest BCUT2D eigenvalue weighted by Crippen LogP contribution is 2.47. The summed E-state index contributed by atoms with van der Waals surface area (Å²) in [5, 5.41) is 65.4. The quantitative estimate of drug-likeness (QED) is 0.217. The van der Waals surface area contributed by atoms with E-state index in [4.69, 9.17) is 14.7 Å². The monoisotopic (exact) mass is 350 g/mol. The fourth-order valence-electron chi connectivity index (χ4n) is 1.74. The van der Waals surface area contributed by atoms with Gasteiger partial charge in [0.25, 0.3) is 0 Å². The van der Waals surface area contributed by atoms with Crippen molar-refractivity contribution < 1.29 is 49.7 Å². The maximum Gasteiger partial charge on any atom is 0.325 e. The lowest BCUT2D eigenvalue weighted by atomic mass is 9.85. The fourth-order valence-corrected chi connectivity index (χ4v) is 3.20. The molecule has 12 heteroatoms. The average molecular weight is 350 g/mol. The van der Waals surface area contributed by atoms with Crippen molar-refractivity contribution in [2.24, 2.45) is 0 Å². The van der Waals surface area contributed by atoms with Crippen molar-refractivity contribution in [3.63, 3.8) is 0 Å². The zero-order valence-corrected chi connectivity index (χ0v) is 12.4. The molecular weight excluding hydrogens is 331 g/mol. The van der Waals surface area contributed by atoms with Gasteiger partial charge >= 0.3 is 6.72 Å². The summed E-state index contributed by atoms with van der Waals surface area (Å²) in [4.78, 5) is 9.73. The average Bonchev–Trinajstić information content (AvgIpc) is 2.45. The maximum atomic E-state index is 9.73. The molecule has 1 aliphatic carbocycles. The summed E-state index contributed by atoms with van der Waals surface area (Å²) < 4.78 is 9.50. The summed E-state index contributed by atoms with van der Waals surface area (Å²) in [5.74, 6) is 0. The molecule has 0 aromatic rings. The summed E-state index contributed by atoms with van der Waals surface area (Å²) >= 11 is 4.58. The highest BCUT2D eigenvalue weighted by Gasteiger charge is 2.50. The van der Waals surface area contributed by atoms with Gasteiger partial charge in [0.05, 0.1) is 13.2 Å². The van der Waals surface area contributed by atoms with Crippen molar-refractivity contribution in [1.82, 2.24) is 0 Å². The van der Waals surface area contributed by atoms with Crippen LogP contribution in [-0.4, -0.2) is 96.6 Å². The minimum Gasteiger partial charge on any atom is -0.394 e. The normalized spacial score (nSPS) is 41.5. The van der Waals surface area contributed by atoms with Crippen molar-refractivity contribution in [2.75, 3.05) is 13.2 Å². The van der Waals surface area contributed by atoms with E-state index in [0.29, 0.717) is 0 Å². The van der Waals surface area contributed by atoms with Gasteiger partial charge in [0, 0.05) is 0 Å². The topological polar surface area (TPSA) is 180 Å². The first-order valence-corrected chi connectivity index (χ1v) is 8.54. The summed E-state index contributed by atoms with van der Waals surface area (Å²) in [5.41, 5.74) is 0. The number of aliphatic hydroxyl groups excluding tert-OH is 7. The lowest BCUT2D eigenvalue weighted by Crippen LogP contribution is -2.64. The van der Waals surface area contributed by atoms with Gasteiger partial charge in [-0.3, -0.25) is 4.52 Å². The van der Waals surface area contributed by atoms with Gasteiger partial charge < -0.3 is 45.2 Å². The number of hydrogen-bond acceptors (Lipinski definition) is 10. The Hall–Kier alpha value is 0.250. The molecule has 1 aliphatic rings. The Labute approximate surface area is 125 Å². The van der Waals surface area contributed by atoms with Gasteiger partial charge in [0.1, 0.15) is 42.7 Å². The van der Waals surface area contributed by atoms with Crippen molar-refractivity contribution in [2.45, 2.75) is 42.7 Å². The first-order chi connectivity index (χ1) is 9.60. The molecule has 10 nitrogen and oxygen atoms in total. The summed E-state index contributed by atoms with van der Waals surface area (Å²) in [7, 11) is 0. The highest BCUT2D eigenvalue weighted by atomic mass is 32.5. The Balaban J connectivity index is 2.72. The van der Waals surface area contributed by atoms with Crippen LogP contribution in [0.5, 0.6) is 0 Å². The van der Waals surface area contributed by atoms with Gasteiger partial charge in [-0.05, 0) is 11.8 Å². The van der Waals surface area contributed by atoms with Gasteiger partial charge in [-0.2, -0.15) is 0 Å². The van der Waals surface area contributed by atoms with Crippen molar-refractivity contribution in [3.8, 4) is 0 Å². The second-order valence-corrected chi connectivity index (χ2v) is 7.41. The second-order valence-electron chi connectivity index (χ2n) is 4.62. The first-order valence-electron chi connectivity index (χ1n) is 5.95. The lowest BCUT2D eigenvalue weighted by molar-refractivity contribution is -0.218. The van der Waals surface area contributed by atoms with E-state index in [1.54, 1.807) is 0 Å². The molecule has 0 aliphatic heterocycles. The van der Waals surface area contributed by atoms with Crippen LogP contribution < -0.4 is 0 Å². The minimum absolute atomic E-state index is 0.559. The number of rotatable bonds is 6. The SMILES string of the molecule is OCC(O)COP(O)(=S)O[C@H]1C(O)[C@@H](O)C(O)[C@@H](O)[C@H]1O. The maximum absolute atomic E-state index is 9.73. The number of hydrogen-bond donors (Lipinski definition) is 8. The van der Waals surface area contributed by atoms with E-state index in [9.17, 15) is 30.4 Å². The predicted molar refractivity (Wildman–Crippen MR) is 70.5 cm³/mol. The fraction of sp³-hybridized carbons (Fsp3) is 1.00. The molecule has 0 bridgehead atoms. The Kier molecular flexibility index (Phi) is 7.06. The Bertz CT molecular complexity index is 368. The molecule has 8 atom stereocenters. The van der Waals surface area contributed by atoms with E-state index >= 15 is 0 Å². The zero-order chi connectivity index (χ0) is 16.4. The third-order valence-electron chi connectivity index (χ3n) is 2.97. The van der Waals surface area contributed by atoms with Crippen molar-refractivity contribution in [3.05, 3.63) is 0 Å². The molecule has 0 radical (unpaired) electrons. The Morgan fingerprint density at radius 2 is 1.38 bits per heavy atom. The summed E-state index contributed by atoms with van der Waals surface area (Å²) in [6, 6.07) is 0. The molecule has 1 fully saturated rings. The van der Waals surface area contributed by atoms with Crippen molar-refractivity contribution in [1.29, 1.82) is 0 Å². The molecule has 21 heavy (non-hydrogen) atoms. The summed E-state index contributed by atoms with van der Waals surface area (Å²) in [6.07, 6.45) is -12.2. The van der Waals surface area contributed by atoms with Crippen molar-refractivity contribution >= 4 is 18.5 Å². The van der Waals surface area contributed by atoms with E-state index < -0.39 is 62.7 Å². The molecule has 0 amide bonds. The first kappa shape index (κ1) is 19.3. The van der Waals surface area contributed by atoms with Crippen LogP contribution >= 0.6 is 6.72 Å². The van der Waals surface area contributed by atoms with E-state index in [-0.39, 0.29) is 0 Å². The van der Waals surface area contributed by atoms with Crippen LogP contribution in [0.15, 0.2) is 0 Å². The van der Waals surface area contributed by atoms with Gasteiger partial charge in [0.2, 0.25) is 0 Å². The second kappa shape index (κ2) is 7.68. The summed E-state index contributed by atoms with van der Waals surface area (Å²) in [6.45, 7) is -5.24. The highest BCUT2D eigenvalue weighted by molar-refractivity contribution is 8.07. The standard InChI is InChI=1S/C9H19O10PS/c10-1-3(11)2-18-20(17,21)19-9-7(15)5(13)4(12)6(14)8(9)16/h3-16H,1-2H2,(H,17,21)/t3?,4?,5-,6+,7-,8?,9-,20?/m1/s1. The van der Waals surface area contributed by atoms with Gasteiger partial charge in [-0.25, -0.2) is 0 Å². The molecule has 1 saturated carbocycles. The third kappa shape index (κ3) is 4.86. The number of aliphatic hydroxyl groups is 7. The van der Waals surface area contributed by atoms with Crippen LogP contribution in [0.25, 0.3) is 0 Å². The molecule has 126 valence electrons. The molecule has 1 rings (SSSR count). The molecule has 8 N–H and O–H groups in total. The smallest absolute Gasteiger partial charge is 0.325 e. The Morgan fingerprint density at radius 1 is 0.952 bits per heavy atom. The minimum atomic E-state index is -4.04. The largest absolute Gasteiger partial charge is 0.394 e. The molecule has 0 saturated heterocycles. The van der Waals surface area contributed by atoms with Crippen LogP contribution in [0.4, 0.5) is 0 Å². The van der Waals surface area contributed by atoms with E-state index in [2.05, 4.69) is 16.3 Å². The van der Waals surface area contributed by atoms with Crippen LogP contribution in [0, 0.1) is 0 Å². The van der Waals surface area contributed by atoms with Crippen LogP contribution in [0.3, 0.4) is 0 Å². The van der Waals surface area contributed by atoms with Crippen LogP contribution in [0.2, 0.25) is 0 Å². The molecule has 0 aromatic heterocycles. The van der Waals surface area contributed by atoms with Crippen LogP contribution in [-0.2, 0) is 20.9 Å². The predicted octanol–water partition coefficient (Wildman–Crippen LogP) is -4.22. The van der Waals surface area contributed by atoms with Gasteiger partial charge in [-0.15, -0.1) is 0 Å². The van der Waals surface area contributed by atoms with E-state index in [1.807, 2.05) is 0 Å². The van der Waals surface area contributed by atoms with Gasteiger partial charge in [-0.1, -0.05) is 0 Å². The zero-order valence-electron chi connectivity index (χ0n) is 10.7. The van der Waals surface area contributed by atoms with E-state index in [1.165, 1.54) is 0 Å². The van der Waals surface area contributed by atoms with E-state index in [0.717, 1.165) is 0 Å². The molecule has 0 heterocycles. The third-order valence-corrected chi connectivity index (χ3v) is 4.53. The van der Waals surface area contributed by atoms with Gasteiger partial charge in [0.15, 0.2) is 0 Å². The molecule has 0 aromatic carbocycles. The molecular formula is C9H19O10PS. The lowest BCUT2D eigenvalue weighted by Gasteiger charge is -2.42. The molecule has 4 unspecified atom stereocenters.